The van der Waals surface area contributed by atoms with Gasteiger partial charge in [0.05, 0.1) is 63.5 Å². The number of methoxy groups -OCH3 is 5. The van der Waals surface area contributed by atoms with E-state index in [1.54, 1.807) is 54.6 Å². The topological polar surface area (TPSA) is 136 Å². The normalized spacial score (nSPS) is 15.4. The first-order valence-electron chi connectivity index (χ1n) is 11.8. The molecule has 0 saturated heterocycles. The van der Waals surface area contributed by atoms with E-state index in [4.69, 9.17) is 23.7 Å². The Labute approximate surface area is 228 Å². The van der Waals surface area contributed by atoms with Crippen molar-refractivity contribution in [2.75, 3.05) is 35.5 Å². The van der Waals surface area contributed by atoms with Crippen LogP contribution in [0.15, 0.2) is 66.2 Å². The van der Waals surface area contributed by atoms with E-state index in [0.717, 1.165) is 41.6 Å². The Bertz CT molecular complexity index is 1570. The minimum atomic E-state index is -1.79. The van der Waals surface area contributed by atoms with Crippen molar-refractivity contribution in [3.05, 3.63) is 99.9 Å². The third-order valence-corrected chi connectivity index (χ3v) is 6.71. The van der Waals surface area contributed by atoms with Gasteiger partial charge >= 0.3 is 29.8 Å². The molecule has 3 aromatic rings. The molecule has 1 atom stereocenters. The van der Waals surface area contributed by atoms with Gasteiger partial charge in [-0.2, -0.15) is 0 Å². The molecular weight excluding hydrogens is 522 g/mol. The van der Waals surface area contributed by atoms with Gasteiger partial charge in [-0.15, -0.1) is 0 Å². The first-order valence-corrected chi connectivity index (χ1v) is 11.8. The van der Waals surface area contributed by atoms with Crippen molar-refractivity contribution in [1.82, 2.24) is 4.57 Å². The molecule has 2 aromatic carbocycles. The highest BCUT2D eigenvalue weighted by Gasteiger charge is 2.56. The average Bonchev–Trinajstić information content (AvgIpc) is 3.50. The molecule has 1 aromatic heterocycles. The molecule has 0 aliphatic carbocycles. The molecule has 11 heteroatoms. The number of benzene rings is 2. The van der Waals surface area contributed by atoms with E-state index >= 15 is 0 Å². The monoisotopic (exact) mass is 547 g/mol. The quantitative estimate of drug-likeness (QED) is 0.247. The molecule has 0 fully saturated rings. The molecule has 0 bridgehead atoms. The zero-order valence-electron chi connectivity index (χ0n) is 22.3. The van der Waals surface area contributed by atoms with Crippen molar-refractivity contribution >= 4 is 29.8 Å². The molecular formula is C29H25NO10. The number of carbonyl (C=O) groups is 5. The number of rotatable bonds is 7. The second kappa shape index (κ2) is 10.9. The molecule has 0 radical (unpaired) electrons. The highest BCUT2D eigenvalue weighted by atomic mass is 16.5. The Hall–Kier alpha value is -5.19. The molecule has 206 valence electrons. The van der Waals surface area contributed by atoms with Crippen molar-refractivity contribution in [1.29, 1.82) is 0 Å². The summed E-state index contributed by atoms with van der Waals surface area (Å²) in [5, 5.41) is 0. The van der Waals surface area contributed by atoms with Crippen LogP contribution in [0.25, 0.3) is 5.69 Å². The van der Waals surface area contributed by atoms with E-state index in [1.165, 1.54) is 4.57 Å². The first-order chi connectivity index (χ1) is 19.2. The lowest BCUT2D eigenvalue weighted by atomic mass is 9.66. The molecule has 2 heterocycles. The number of aromatic nitrogens is 1. The summed E-state index contributed by atoms with van der Waals surface area (Å²) in [7, 11) is 5.57. The fourth-order valence-corrected chi connectivity index (χ4v) is 5.19. The van der Waals surface area contributed by atoms with Crippen LogP contribution in [0.2, 0.25) is 0 Å². The summed E-state index contributed by atoms with van der Waals surface area (Å²) in [5.41, 5.74) is -2.11. The number of nitrogens with zero attached hydrogens (tertiary/aromatic N) is 1. The van der Waals surface area contributed by atoms with Gasteiger partial charge in [0.15, 0.2) is 0 Å². The van der Waals surface area contributed by atoms with E-state index in [-0.39, 0.29) is 22.5 Å². The Morgan fingerprint density at radius 2 is 1.25 bits per heavy atom. The van der Waals surface area contributed by atoms with Gasteiger partial charge in [0.1, 0.15) is 11.3 Å². The molecule has 11 nitrogen and oxygen atoms in total. The van der Waals surface area contributed by atoms with E-state index < -0.39 is 40.8 Å². The van der Waals surface area contributed by atoms with Gasteiger partial charge < -0.3 is 28.3 Å². The summed E-state index contributed by atoms with van der Waals surface area (Å²) < 4.78 is 26.4. The lowest BCUT2D eigenvalue weighted by molar-refractivity contribution is -0.138. The van der Waals surface area contributed by atoms with Crippen LogP contribution in [0.4, 0.5) is 0 Å². The van der Waals surface area contributed by atoms with Crippen LogP contribution in [0, 0.1) is 0 Å². The van der Waals surface area contributed by atoms with E-state index in [1.807, 2.05) is 0 Å². The van der Waals surface area contributed by atoms with Gasteiger partial charge in [0, 0.05) is 6.08 Å². The molecule has 0 amide bonds. The number of carbonyl (C=O) groups excluding carboxylic acids is 5. The van der Waals surface area contributed by atoms with Crippen molar-refractivity contribution in [2.45, 2.75) is 5.41 Å². The predicted octanol–water partition coefficient (Wildman–Crippen LogP) is 2.76. The average molecular weight is 548 g/mol. The number of hydrogen-bond donors (Lipinski definition) is 0. The molecule has 1 unspecified atom stereocenters. The fraction of sp³-hybridized carbons (Fsp3) is 0.207. The Morgan fingerprint density at radius 1 is 0.675 bits per heavy atom. The maximum atomic E-state index is 13.6. The standard InChI is InChI=1S/C29H25NO10/c1-36-20(31)15-18(25(32)37-2)29(16-11-7-6-8-12-16)17-13-9-10-14-19(17)30-23(28(35)40-5)21(26(33)38-3)22(24(29)30)27(34)39-4/h6-15H,1-5H3/b18-15+. The van der Waals surface area contributed by atoms with Crippen molar-refractivity contribution in [2.24, 2.45) is 0 Å². The first kappa shape index (κ1) is 27.8. The molecule has 1 aliphatic rings. The summed E-state index contributed by atoms with van der Waals surface area (Å²) in [5.74, 6) is -4.83. The zero-order chi connectivity index (χ0) is 29.2. The lowest BCUT2D eigenvalue weighted by Crippen LogP contribution is -2.36. The Morgan fingerprint density at radius 3 is 1.82 bits per heavy atom. The number of ether oxygens (including phenoxy) is 5. The largest absolute Gasteiger partial charge is 0.466 e. The Balaban J connectivity index is 2.41. The van der Waals surface area contributed by atoms with Crippen LogP contribution in [-0.2, 0) is 38.7 Å². The van der Waals surface area contributed by atoms with Gasteiger partial charge in [-0.3, -0.25) is 0 Å². The van der Waals surface area contributed by atoms with Crippen molar-refractivity contribution < 1.29 is 47.7 Å². The van der Waals surface area contributed by atoms with Crippen LogP contribution >= 0.6 is 0 Å². The second-order valence-corrected chi connectivity index (χ2v) is 8.46. The zero-order valence-corrected chi connectivity index (χ0v) is 22.3. The maximum Gasteiger partial charge on any atom is 0.355 e. The number of esters is 5. The van der Waals surface area contributed by atoms with E-state index in [0.29, 0.717) is 16.8 Å². The lowest BCUT2D eigenvalue weighted by Gasteiger charge is -2.33. The van der Waals surface area contributed by atoms with Gasteiger partial charge in [-0.25, -0.2) is 24.0 Å². The van der Waals surface area contributed by atoms with E-state index in [9.17, 15) is 24.0 Å². The summed E-state index contributed by atoms with van der Waals surface area (Å²) in [6.45, 7) is 0. The Kier molecular flexibility index (Phi) is 7.58. The van der Waals surface area contributed by atoms with Crippen LogP contribution in [-0.4, -0.2) is 70.0 Å². The van der Waals surface area contributed by atoms with Crippen LogP contribution in [0.1, 0.15) is 48.0 Å². The highest BCUT2D eigenvalue weighted by Crippen LogP contribution is 2.55. The molecule has 4 rings (SSSR count). The summed E-state index contributed by atoms with van der Waals surface area (Å²) in [4.78, 5) is 66.3. The third-order valence-electron chi connectivity index (χ3n) is 6.71. The number of para-hydroxylation sites is 1. The number of fused-ring (bicyclic) bond motifs is 3. The number of hydrogen-bond acceptors (Lipinski definition) is 10. The fourth-order valence-electron chi connectivity index (χ4n) is 5.19. The highest BCUT2D eigenvalue weighted by molar-refractivity contribution is 6.14. The minimum absolute atomic E-state index is 0.0342. The molecule has 1 aliphatic heterocycles. The summed E-state index contributed by atoms with van der Waals surface area (Å²) in [6.07, 6.45) is 0.953. The van der Waals surface area contributed by atoms with Crippen LogP contribution in [0.5, 0.6) is 0 Å². The molecule has 0 saturated carbocycles. The van der Waals surface area contributed by atoms with Gasteiger partial charge in [0.25, 0.3) is 0 Å². The van der Waals surface area contributed by atoms with Crippen LogP contribution in [0.3, 0.4) is 0 Å². The molecule has 0 N–H and O–H groups in total. The van der Waals surface area contributed by atoms with E-state index in [2.05, 4.69) is 0 Å². The predicted molar refractivity (Wildman–Crippen MR) is 138 cm³/mol. The van der Waals surface area contributed by atoms with Gasteiger partial charge in [0.2, 0.25) is 0 Å². The maximum absolute atomic E-state index is 13.6. The van der Waals surface area contributed by atoms with Gasteiger partial charge in [-0.05, 0) is 17.2 Å². The van der Waals surface area contributed by atoms with Crippen molar-refractivity contribution in [3.8, 4) is 5.69 Å². The SMILES string of the molecule is COC(=O)/C=C(\C(=O)OC)C1(c2ccccc2)c2ccccc2-n2c(C(=O)OC)c(C(=O)OC)c(C(=O)OC)c21. The van der Waals surface area contributed by atoms with Crippen LogP contribution < -0.4 is 0 Å². The second-order valence-electron chi connectivity index (χ2n) is 8.46. The smallest absolute Gasteiger partial charge is 0.355 e. The minimum Gasteiger partial charge on any atom is -0.466 e. The molecule has 40 heavy (non-hydrogen) atoms. The third kappa shape index (κ3) is 3.94. The molecule has 0 spiro atoms. The summed E-state index contributed by atoms with van der Waals surface area (Å²) >= 11 is 0. The van der Waals surface area contributed by atoms with Gasteiger partial charge in [-0.1, -0.05) is 48.5 Å². The summed E-state index contributed by atoms with van der Waals surface area (Å²) in [6, 6.07) is 15.1. The van der Waals surface area contributed by atoms with Crippen molar-refractivity contribution in [3.63, 3.8) is 0 Å².